The third-order valence-corrected chi connectivity index (χ3v) is 5.27. The smallest absolute Gasteiger partial charge is 0.261 e. The molecule has 0 fully saturated rings. The first kappa shape index (κ1) is 21.9. The summed E-state index contributed by atoms with van der Waals surface area (Å²) < 4.78 is 0. The van der Waals surface area contributed by atoms with Gasteiger partial charge >= 0.3 is 0 Å². The number of rotatable bonds is 7. The van der Waals surface area contributed by atoms with Crippen molar-refractivity contribution >= 4 is 35.0 Å². The molecule has 8 nitrogen and oxygen atoms in total. The Morgan fingerprint density at radius 1 is 0.848 bits per heavy atom. The summed E-state index contributed by atoms with van der Waals surface area (Å²) in [6.45, 7) is 2.35. The number of hydrogen-bond acceptors (Lipinski definition) is 5. The quantitative estimate of drug-likeness (QED) is 0.538. The number of amides is 4. The molecule has 3 aromatic rings. The summed E-state index contributed by atoms with van der Waals surface area (Å²) in [5, 5.41) is 5.52. The van der Waals surface area contributed by atoms with E-state index in [2.05, 4.69) is 15.6 Å². The zero-order valence-electron chi connectivity index (χ0n) is 18.0. The molecule has 4 rings (SSSR count). The molecule has 33 heavy (non-hydrogen) atoms. The Morgan fingerprint density at radius 3 is 2.21 bits per heavy atom. The minimum Gasteiger partial charge on any atom is -0.322 e. The highest BCUT2D eigenvalue weighted by Crippen LogP contribution is 2.25. The molecule has 166 valence electrons. The van der Waals surface area contributed by atoms with Crippen molar-refractivity contribution in [3.8, 4) is 0 Å². The lowest BCUT2D eigenvalue weighted by Gasteiger charge is -2.12. The van der Waals surface area contributed by atoms with E-state index in [-0.39, 0.29) is 28.8 Å². The predicted molar refractivity (Wildman–Crippen MR) is 123 cm³/mol. The van der Waals surface area contributed by atoms with Gasteiger partial charge in [0.1, 0.15) is 0 Å². The molecule has 2 N–H and O–H groups in total. The maximum Gasteiger partial charge on any atom is 0.261 e. The van der Waals surface area contributed by atoms with Crippen LogP contribution in [0.15, 0.2) is 67.0 Å². The molecule has 0 unspecified atom stereocenters. The number of benzene rings is 2. The van der Waals surface area contributed by atoms with Crippen molar-refractivity contribution < 1.29 is 19.2 Å². The zero-order valence-corrected chi connectivity index (χ0v) is 18.0. The molecule has 1 aliphatic rings. The number of hydrogen-bond donors (Lipinski definition) is 2. The maximum absolute atomic E-state index is 12.8. The van der Waals surface area contributed by atoms with E-state index in [9.17, 15) is 19.2 Å². The Kier molecular flexibility index (Phi) is 6.26. The van der Waals surface area contributed by atoms with E-state index in [4.69, 9.17) is 0 Å². The van der Waals surface area contributed by atoms with Crippen molar-refractivity contribution in [3.63, 3.8) is 0 Å². The minimum atomic E-state index is -0.430. The van der Waals surface area contributed by atoms with Gasteiger partial charge in [0, 0.05) is 35.9 Å². The lowest BCUT2D eigenvalue weighted by Crippen LogP contribution is -2.30. The van der Waals surface area contributed by atoms with Gasteiger partial charge in [0.2, 0.25) is 0 Å². The van der Waals surface area contributed by atoms with Crippen molar-refractivity contribution in [1.82, 2.24) is 9.88 Å². The number of fused-ring (bicyclic) bond motifs is 1. The molecular weight excluding hydrogens is 420 g/mol. The van der Waals surface area contributed by atoms with E-state index in [1.807, 2.05) is 6.92 Å². The summed E-state index contributed by atoms with van der Waals surface area (Å²) in [4.78, 5) is 55.4. The van der Waals surface area contributed by atoms with E-state index in [0.717, 1.165) is 12.8 Å². The largest absolute Gasteiger partial charge is 0.322 e. The molecule has 2 heterocycles. The molecule has 2 aromatic carbocycles. The summed E-state index contributed by atoms with van der Waals surface area (Å²) >= 11 is 0. The lowest BCUT2D eigenvalue weighted by atomic mass is 10.1. The van der Waals surface area contributed by atoms with Gasteiger partial charge in [-0.2, -0.15) is 0 Å². The summed E-state index contributed by atoms with van der Waals surface area (Å²) in [5.41, 5.74) is 2.20. The molecule has 0 saturated heterocycles. The van der Waals surface area contributed by atoms with Crippen LogP contribution in [0.25, 0.3) is 0 Å². The van der Waals surface area contributed by atoms with Crippen LogP contribution in [0.5, 0.6) is 0 Å². The third-order valence-electron chi connectivity index (χ3n) is 5.27. The molecule has 4 amide bonds. The second kappa shape index (κ2) is 9.44. The molecule has 1 aliphatic heterocycles. The first-order valence-corrected chi connectivity index (χ1v) is 10.6. The van der Waals surface area contributed by atoms with Crippen LogP contribution in [0, 0.1) is 0 Å². The fraction of sp³-hybridized carbons (Fsp3) is 0.160. The van der Waals surface area contributed by atoms with Crippen molar-refractivity contribution in [3.05, 3.63) is 89.2 Å². The molecule has 0 saturated carbocycles. The number of aromatic nitrogens is 1. The molecule has 0 aliphatic carbocycles. The number of carbonyl (C=O) groups is 4. The summed E-state index contributed by atoms with van der Waals surface area (Å²) in [7, 11) is 0. The Balaban J connectivity index is 1.47. The Labute approximate surface area is 190 Å². The molecule has 8 heteroatoms. The molecule has 0 atom stereocenters. The van der Waals surface area contributed by atoms with Crippen LogP contribution >= 0.6 is 0 Å². The summed E-state index contributed by atoms with van der Waals surface area (Å²) in [5.74, 6) is -1.45. The fourth-order valence-corrected chi connectivity index (χ4v) is 3.53. The first-order valence-electron chi connectivity index (χ1n) is 10.6. The number of carbonyl (C=O) groups excluding carboxylic acids is 4. The van der Waals surface area contributed by atoms with Crippen LogP contribution in [-0.4, -0.2) is 40.1 Å². The van der Waals surface area contributed by atoms with Gasteiger partial charge in [-0.25, -0.2) is 0 Å². The molecule has 1 aromatic heterocycles. The highest BCUT2D eigenvalue weighted by molar-refractivity contribution is 6.22. The lowest BCUT2D eigenvalue weighted by molar-refractivity contribution is 0.0652. The summed E-state index contributed by atoms with van der Waals surface area (Å²) in [6.07, 6.45) is 4.64. The van der Waals surface area contributed by atoms with Gasteiger partial charge in [-0.3, -0.25) is 29.1 Å². The number of pyridine rings is 1. The molecular formula is C25H22N4O4. The predicted octanol–water partition coefficient (Wildman–Crippen LogP) is 3.98. The van der Waals surface area contributed by atoms with Gasteiger partial charge < -0.3 is 10.6 Å². The fourth-order valence-electron chi connectivity index (χ4n) is 3.53. The van der Waals surface area contributed by atoms with E-state index < -0.39 is 5.91 Å². The van der Waals surface area contributed by atoms with Gasteiger partial charge in [0.25, 0.3) is 23.6 Å². The van der Waals surface area contributed by atoms with Crippen LogP contribution in [0.3, 0.4) is 0 Å². The third kappa shape index (κ3) is 4.64. The van der Waals surface area contributed by atoms with Crippen molar-refractivity contribution in [2.75, 3.05) is 17.2 Å². The second-order valence-corrected chi connectivity index (χ2v) is 7.61. The monoisotopic (exact) mass is 442 g/mol. The van der Waals surface area contributed by atoms with Crippen LogP contribution in [0.2, 0.25) is 0 Å². The highest BCUT2D eigenvalue weighted by Gasteiger charge is 2.35. The summed E-state index contributed by atoms with van der Waals surface area (Å²) in [6, 6.07) is 14.5. The van der Waals surface area contributed by atoms with Gasteiger partial charge in [-0.05, 0) is 55.0 Å². The van der Waals surface area contributed by atoms with Crippen molar-refractivity contribution in [2.45, 2.75) is 19.8 Å². The number of imide groups is 1. The molecule has 0 bridgehead atoms. The second-order valence-electron chi connectivity index (χ2n) is 7.61. The van der Waals surface area contributed by atoms with Gasteiger partial charge in [-0.1, -0.05) is 19.4 Å². The highest BCUT2D eigenvalue weighted by atomic mass is 16.2. The minimum absolute atomic E-state index is 0.237. The number of nitrogens with zero attached hydrogens (tertiary/aromatic N) is 2. The zero-order chi connectivity index (χ0) is 23.4. The maximum atomic E-state index is 12.8. The van der Waals surface area contributed by atoms with Crippen molar-refractivity contribution in [2.24, 2.45) is 0 Å². The Hall–Kier alpha value is -4.33. The van der Waals surface area contributed by atoms with Crippen LogP contribution in [0.1, 0.15) is 61.2 Å². The van der Waals surface area contributed by atoms with Gasteiger partial charge in [0.15, 0.2) is 0 Å². The Bertz CT molecular complexity index is 1240. The van der Waals surface area contributed by atoms with E-state index >= 15 is 0 Å². The van der Waals surface area contributed by atoms with Gasteiger partial charge in [0.05, 0.1) is 16.7 Å². The molecule has 0 spiro atoms. The van der Waals surface area contributed by atoms with E-state index in [1.54, 1.807) is 42.6 Å². The van der Waals surface area contributed by atoms with E-state index in [0.29, 0.717) is 29.0 Å². The van der Waals surface area contributed by atoms with Crippen LogP contribution in [-0.2, 0) is 0 Å². The number of anilines is 2. The average Bonchev–Trinajstić information content (AvgIpc) is 3.07. The van der Waals surface area contributed by atoms with E-state index in [1.165, 1.54) is 29.3 Å². The number of unbranched alkanes of at least 4 members (excludes halogenated alkanes) is 1. The first-order chi connectivity index (χ1) is 16.0. The SMILES string of the molecule is CCCCN1C(=O)c2ccc(C(=O)Nc3cccc(NC(=O)c4cccnc4)c3)cc2C1=O. The standard InChI is InChI=1S/C25H22N4O4/c1-2-3-12-29-24(32)20-10-9-16(13-21(20)25(29)33)22(30)27-18-7-4-8-19(14-18)28-23(31)17-6-5-11-26-15-17/h4-11,13-15H,2-3,12H2,1H3,(H,27,30)(H,28,31). The molecule has 0 radical (unpaired) electrons. The van der Waals surface area contributed by atoms with Crippen LogP contribution in [0.4, 0.5) is 11.4 Å². The normalized spacial score (nSPS) is 12.5. The topological polar surface area (TPSA) is 108 Å². The number of nitrogens with one attached hydrogen (secondary N) is 2. The average molecular weight is 442 g/mol. The van der Waals surface area contributed by atoms with Gasteiger partial charge in [-0.15, -0.1) is 0 Å². The van der Waals surface area contributed by atoms with Crippen molar-refractivity contribution in [1.29, 1.82) is 0 Å². The Morgan fingerprint density at radius 2 is 1.55 bits per heavy atom. The van der Waals surface area contributed by atoms with Crippen LogP contribution < -0.4 is 10.6 Å².